The summed E-state index contributed by atoms with van der Waals surface area (Å²) in [5, 5.41) is 5.21. The lowest BCUT2D eigenvalue weighted by Gasteiger charge is -2.29. The molecule has 1 aromatic carbocycles. The first-order chi connectivity index (χ1) is 13.6. The lowest BCUT2D eigenvalue weighted by Crippen LogP contribution is -2.39. The molecule has 2 rings (SSSR count). The molecule has 0 aliphatic carbocycles. The van der Waals surface area contributed by atoms with Crippen molar-refractivity contribution in [2.45, 2.75) is 32.2 Å². The number of nitrogens with zero attached hydrogens (tertiary/aromatic N) is 2. The van der Waals surface area contributed by atoms with Crippen molar-refractivity contribution < 1.29 is 31.1 Å². The molecule has 0 spiro atoms. The van der Waals surface area contributed by atoms with Crippen LogP contribution in [0.25, 0.3) is 0 Å². The molecule has 1 aliphatic rings. The van der Waals surface area contributed by atoms with E-state index in [9.17, 15) is 26.3 Å². The molecule has 1 saturated heterocycles. The van der Waals surface area contributed by atoms with Gasteiger partial charge in [0.25, 0.3) is 0 Å². The number of nitrogens with one attached hydrogen (secondary N) is 2. The maximum Gasteiger partial charge on any atom is 0.416 e. The molecule has 0 atom stereocenters. The van der Waals surface area contributed by atoms with Crippen molar-refractivity contribution in [3.05, 3.63) is 29.3 Å². The van der Waals surface area contributed by atoms with Crippen LogP contribution in [-0.2, 0) is 17.5 Å². The van der Waals surface area contributed by atoms with Gasteiger partial charge < -0.3 is 20.3 Å². The Balaban J connectivity index is 0.00000450. The quantitative estimate of drug-likeness (QED) is 0.240. The number of anilines is 1. The van der Waals surface area contributed by atoms with Gasteiger partial charge in [-0.3, -0.25) is 0 Å². The Morgan fingerprint density at radius 3 is 2.33 bits per heavy atom. The predicted octanol–water partition coefficient (Wildman–Crippen LogP) is 4.17. The van der Waals surface area contributed by atoms with Gasteiger partial charge in [-0.25, -0.2) is 4.99 Å². The molecule has 1 aliphatic heterocycles. The van der Waals surface area contributed by atoms with E-state index in [1.165, 1.54) is 6.07 Å². The lowest BCUT2D eigenvalue weighted by molar-refractivity contribution is -0.138. The predicted molar refractivity (Wildman–Crippen MR) is 113 cm³/mol. The monoisotopic (exact) mass is 554 g/mol. The van der Waals surface area contributed by atoms with Crippen molar-refractivity contribution in [3.63, 3.8) is 0 Å². The van der Waals surface area contributed by atoms with E-state index in [1.807, 2.05) is 4.90 Å². The van der Waals surface area contributed by atoms with Crippen LogP contribution in [0.5, 0.6) is 0 Å². The molecule has 12 heteroatoms. The molecule has 1 aromatic rings. The number of ether oxygens (including phenoxy) is 1. The first-order valence-corrected chi connectivity index (χ1v) is 9.22. The Morgan fingerprint density at radius 1 is 1.10 bits per heavy atom. The van der Waals surface area contributed by atoms with Crippen molar-refractivity contribution in [2.24, 2.45) is 4.99 Å². The van der Waals surface area contributed by atoms with E-state index in [0.717, 1.165) is 6.07 Å². The van der Waals surface area contributed by atoms with Gasteiger partial charge in [-0.2, -0.15) is 26.3 Å². The zero-order valence-corrected chi connectivity index (χ0v) is 18.7. The van der Waals surface area contributed by atoms with Gasteiger partial charge in [0.1, 0.15) is 0 Å². The SMILES string of the molecule is CCNC(=NCc1ccc(N2CCOCC2)cc1C(F)(F)F)NCCC(F)(F)F.I. The third-order valence-electron chi connectivity index (χ3n) is 4.23. The normalized spacial score (nSPS) is 15.6. The number of alkyl halides is 6. The minimum Gasteiger partial charge on any atom is -0.378 e. The molecule has 5 nitrogen and oxygen atoms in total. The number of rotatable bonds is 6. The largest absolute Gasteiger partial charge is 0.416 e. The van der Waals surface area contributed by atoms with Gasteiger partial charge in [-0.05, 0) is 24.6 Å². The van der Waals surface area contributed by atoms with E-state index in [2.05, 4.69) is 15.6 Å². The second kappa shape index (κ2) is 11.8. The van der Waals surface area contributed by atoms with Crippen LogP contribution in [0.3, 0.4) is 0 Å². The zero-order chi connectivity index (χ0) is 21.5. The van der Waals surface area contributed by atoms with Gasteiger partial charge in [-0.1, -0.05) is 6.07 Å². The Hall–Kier alpha value is -1.44. The molecular weight excluding hydrogens is 529 g/mol. The highest BCUT2D eigenvalue weighted by Crippen LogP contribution is 2.35. The van der Waals surface area contributed by atoms with Crippen LogP contribution in [-0.4, -0.2) is 51.5 Å². The van der Waals surface area contributed by atoms with Gasteiger partial charge in [-0.15, -0.1) is 24.0 Å². The number of benzene rings is 1. The van der Waals surface area contributed by atoms with E-state index in [-0.39, 0.29) is 42.0 Å². The van der Waals surface area contributed by atoms with Crippen LogP contribution in [0.1, 0.15) is 24.5 Å². The fraction of sp³-hybridized carbons (Fsp3) is 0.611. The average Bonchev–Trinajstić information content (AvgIpc) is 2.65. The molecule has 0 radical (unpaired) electrons. The minimum atomic E-state index is -4.57. The van der Waals surface area contributed by atoms with Crippen LogP contribution >= 0.6 is 24.0 Å². The third-order valence-corrected chi connectivity index (χ3v) is 4.23. The molecule has 0 saturated carbocycles. The van der Waals surface area contributed by atoms with E-state index in [0.29, 0.717) is 38.5 Å². The van der Waals surface area contributed by atoms with Gasteiger partial charge in [0.05, 0.1) is 31.7 Å². The average molecular weight is 554 g/mol. The minimum absolute atomic E-state index is 0. The summed E-state index contributed by atoms with van der Waals surface area (Å²) in [6.07, 6.45) is -9.97. The number of hydrogen-bond acceptors (Lipinski definition) is 3. The summed E-state index contributed by atoms with van der Waals surface area (Å²) in [5.41, 5.74) is -0.414. The van der Waals surface area contributed by atoms with Crippen LogP contribution in [0.4, 0.5) is 32.0 Å². The first kappa shape index (κ1) is 26.6. The Kier molecular flexibility index (Phi) is 10.5. The summed E-state index contributed by atoms with van der Waals surface area (Å²) in [6, 6.07) is 4.03. The second-order valence-electron chi connectivity index (χ2n) is 6.43. The summed E-state index contributed by atoms with van der Waals surface area (Å²) in [4.78, 5) is 5.83. The zero-order valence-electron chi connectivity index (χ0n) is 16.4. The number of aliphatic imine (C=N–C) groups is 1. The Bertz CT molecular complexity index is 690. The molecule has 0 unspecified atom stereocenters. The van der Waals surface area contributed by atoms with Gasteiger partial charge >= 0.3 is 12.4 Å². The summed E-state index contributed by atoms with van der Waals surface area (Å²) >= 11 is 0. The molecule has 0 bridgehead atoms. The molecule has 30 heavy (non-hydrogen) atoms. The standard InChI is InChI=1S/C18H24F6N4O.HI/c1-2-25-16(26-6-5-17(19,20)21)27-12-13-3-4-14(11-15(13)18(22,23)24)28-7-9-29-10-8-28;/h3-4,11H,2,5-10,12H2,1H3,(H2,25,26,27);1H. The molecule has 1 heterocycles. The molecule has 172 valence electrons. The number of halogens is 7. The highest BCUT2D eigenvalue weighted by atomic mass is 127. The van der Waals surface area contributed by atoms with E-state index in [1.54, 1.807) is 13.0 Å². The van der Waals surface area contributed by atoms with Crippen molar-refractivity contribution in [1.29, 1.82) is 0 Å². The summed E-state index contributed by atoms with van der Waals surface area (Å²) in [6.45, 7) is 3.23. The van der Waals surface area contributed by atoms with Crippen molar-refractivity contribution in [2.75, 3.05) is 44.3 Å². The first-order valence-electron chi connectivity index (χ1n) is 9.22. The van der Waals surface area contributed by atoms with Crippen LogP contribution in [0, 0.1) is 0 Å². The van der Waals surface area contributed by atoms with E-state index in [4.69, 9.17) is 4.74 Å². The maximum absolute atomic E-state index is 13.6. The van der Waals surface area contributed by atoms with E-state index < -0.39 is 30.9 Å². The summed E-state index contributed by atoms with van der Waals surface area (Å²) < 4.78 is 82.7. The van der Waals surface area contributed by atoms with Gasteiger partial charge in [0.15, 0.2) is 5.96 Å². The van der Waals surface area contributed by atoms with Crippen LogP contribution < -0.4 is 15.5 Å². The summed E-state index contributed by atoms with van der Waals surface area (Å²) in [7, 11) is 0. The molecule has 1 fully saturated rings. The van der Waals surface area contributed by atoms with Crippen molar-refractivity contribution in [1.82, 2.24) is 10.6 Å². The fourth-order valence-electron chi connectivity index (χ4n) is 2.81. The summed E-state index contributed by atoms with van der Waals surface area (Å²) in [5.74, 6) is 0.0298. The second-order valence-corrected chi connectivity index (χ2v) is 6.43. The third kappa shape index (κ3) is 8.74. The molecule has 0 aromatic heterocycles. The van der Waals surface area contributed by atoms with Crippen LogP contribution in [0.15, 0.2) is 23.2 Å². The topological polar surface area (TPSA) is 48.9 Å². The number of hydrogen-bond donors (Lipinski definition) is 2. The highest BCUT2D eigenvalue weighted by Gasteiger charge is 2.34. The smallest absolute Gasteiger partial charge is 0.378 e. The highest BCUT2D eigenvalue weighted by molar-refractivity contribution is 14.0. The Morgan fingerprint density at radius 2 is 1.77 bits per heavy atom. The fourth-order valence-corrected chi connectivity index (χ4v) is 2.81. The molecular formula is C18H25F6IN4O. The number of morpholine rings is 1. The lowest BCUT2D eigenvalue weighted by atomic mass is 10.1. The van der Waals surface area contributed by atoms with Crippen molar-refractivity contribution in [3.8, 4) is 0 Å². The molecule has 2 N–H and O–H groups in total. The Labute approximate surface area is 188 Å². The van der Waals surface area contributed by atoms with Gasteiger partial charge in [0.2, 0.25) is 0 Å². The maximum atomic E-state index is 13.6. The number of guanidine groups is 1. The molecule has 0 amide bonds. The van der Waals surface area contributed by atoms with Crippen LogP contribution in [0.2, 0.25) is 0 Å². The van der Waals surface area contributed by atoms with Crippen molar-refractivity contribution >= 4 is 35.6 Å². The van der Waals surface area contributed by atoms with Gasteiger partial charge in [0, 0.05) is 31.9 Å². The van der Waals surface area contributed by atoms with E-state index >= 15 is 0 Å².